The largest absolute Gasteiger partial charge is 0.475 e. The van der Waals surface area contributed by atoms with Gasteiger partial charge in [0, 0.05) is 0 Å². The van der Waals surface area contributed by atoms with E-state index in [-0.39, 0.29) is 0 Å². The average Bonchev–Trinajstić information content (AvgIpc) is 2.11. The number of ether oxygens (including phenoxy) is 1. The quantitative estimate of drug-likeness (QED) is 0.785. The molecule has 5 heteroatoms. The molecule has 0 aromatic carbocycles. The summed E-state index contributed by atoms with van der Waals surface area (Å²) in [4.78, 5) is 7.93. The number of nitrogens with zero attached hydrogens (tertiary/aromatic N) is 2. The van der Waals surface area contributed by atoms with Gasteiger partial charge in [0.1, 0.15) is 4.60 Å². The van der Waals surface area contributed by atoms with E-state index < -0.39 is 0 Å². The minimum absolute atomic E-state index is 0.305. The molecule has 0 unspecified atom stereocenters. The van der Waals surface area contributed by atoms with Gasteiger partial charge in [0.25, 0.3) is 5.88 Å². The van der Waals surface area contributed by atoms with Crippen LogP contribution >= 0.6 is 27.5 Å². The Kier molecular flexibility index (Phi) is 4.45. The van der Waals surface area contributed by atoms with Crippen LogP contribution < -0.4 is 4.74 Å². The zero-order valence-corrected chi connectivity index (χ0v) is 9.60. The number of hydrogen-bond acceptors (Lipinski definition) is 3. The van der Waals surface area contributed by atoms with Crippen LogP contribution in [0.2, 0.25) is 5.15 Å². The van der Waals surface area contributed by atoms with E-state index >= 15 is 0 Å². The number of rotatable bonds is 4. The molecule has 0 aliphatic rings. The lowest BCUT2D eigenvalue weighted by Crippen LogP contribution is -2.00. The molecule has 0 amide bonds. The number of halogens is 2. The van der Waals surface area contributed by atoms with Gasteiger partial charge in [0.05, 0.1) is 12.8 Å². The summed E-state index contributed by atoms with van der Waals surface area (Å²) in [5.74, 6) is 0.393. The van der Waals surface area contributed by atoms with E-state index in [1.54, 1.807) is 0 Å². The zero-order valence-electron chi connectivity index (χ0n) is 7.26. The Hall–Kier alpha value is -0.350. The lowest BCUT2D eigenvalue weighted by molar-refractivity contribution is 0.296. The Labute approximate surface area is 90.6 Å². The van der Waals surface area contributed by atoms with Crippen LogP contribution in [0.25, 0.3) is 0 Å². The molecule has 1 aromatic heterocycles. The van der Waals surface area contributed by atoms with Crippen LogP contribution in [-0.4, -0.2) is 16.6 Å². The van der Waals surface area contributed by atoms with Gasteiger partial charge in [-0.05, 0) is 22.4 Å². The predicted molar refractivity (Wildman–Crippen MR) is 55.1 cm³/mol. The van der Waals surface area contributed by atoms with Crippen molar-refractivity contribution in [1.82, 2.24) is 9.97 Å². The minimum Gasteiger partial charge on any atom is -0.475 e. The van der Waals surface area contributed by atoms with Gasteiger partial charge in [0.15, 0.2) is 5.15 Å². The molecule has 72 valence electrons. The first-order valence-electron chi connectivity index (χ1n) is 4.05. The molecule has 0 fully saturated rings. The Balaban J connectivity index is 2.59. The third-order valence-electron chi connectivity index (χ3n) is 1.41. The Morgan fingerprint density at radius 2 is 2.38 bits per heavy atom. The third kappa shape index (κ3) is 3.48. The molecule has 0 N–H and O–H groups in total. The summed E-state index contributed by atoms with van der Waals surface area (Å²) in [5.41, 5.74) is 0. The molecule has 0 spiro atoms. The van der Waals surface area contributed by atoms with Crippen molar-refractivity contribution in [3.63, 3.8) is 0 Å². The SMILES string of the molecule is CCCCOc1nc(Br)cnc1Cl. The highest BCUT2D eigenvalue weighted by Crippen LogP contribution is 2.20. The molecule has 3 nitrogen and oxygen atoms in total. The summed E-state index contributed by atoms with van der Waals surface area (Å²) >= 11 is 8.95. The lowest BCUT2D eigenvalue weighted by Gasteiger charge is -2.04. The van der Waals surface area contributed by atoms with Crippen molar-refractivity contribution in [2.45, 2.75) is 19.8 Å². The molecule has 0 saturated carbocycles. The number of unbranched alkanes of at least 4 members (excludes halogenated alkanes) is 1. The fourth-order valence-corrected chi connectivity index (χ4v) is 1.15. The van der Waals surface area contributed by atoms with Crippen molar-refractivity contribution < 1.29 is 4.74 Å². The summed E-state index contributed by atoms with van der Waals surface area (Å²) < 4.78 is 5.95. The average molecular weight is 266 g/mol. The summed E-state index contributed by atoms with van der Waals surface area (Å²) in [7, 11) is 0. The van der Waals surface area contributed by atoms with E-state index in [9.17, 15) is 0 Å². The Morgan fingerprint density at radius 1 is 1.62 bits per heavy atom. The van der Waals surface area contributed by atoms with Crippen molar-refractivity contribution in [3.8, 4) is 5.88 Å². The lowest BCUT2D eigenvalue weighted by atomic mass is 10.4. The molecule has 0 atom stereocenters. The minimum atomic E-state index is 0.305. The number of aromatic nitrogens is 2. The molecule has 1 aromatic rings. The van der Waals surface area contributed by atoms with Crippen molar-refractivity contribution in [1.29, 1.82) is 0 Å². The second-order valence-electron chi connectivity index (χ2n) is 2.49. The fourth-order valence-electron chi connectivity index (χ4n) is 0.742. The second-order valence-corrected chi connectivity index (χ2v) is 3.66. The van der Waals surface area contributed by atoms with Gasteiger partial charge in [-0.1, -0.05) is 24.9 Å². The maximum absolute atomic E-state index is 5.76. The summed E-state index contributed by atoms with van der Waals surface area (Å²) in [6, 6.07) is 0. The third-order valence-corrected chi connectivity index (χ3v) is 2.05. The Morgan fingerprint density at radius 3 is 3.08 bits per heavy atom. The molecule has 0 saturated heterocycles. The molecule has 1 rings (SSSR count). The van der Waals surface area contributed by atoms with E-state index in [0.29, 0.717) is 22.2 Å². The predicted octanol–water partition coefficient (Wildman–Crippen LogP) is 3.07. The molecule has 1 heterocycles. The van der Waals surface area contributed by atoms with Crippen molar-refractivity contribution in [3.05, 3.63) is 16.0 Å². The van der Waals surface area contributed by atoms with Gasteiger partial charge < -0.3 is 4.74 Å². The van der Waals surface area contributed by atoms with E-state index in [4.69, 9.17) is 16.3 Å². The maximum atomic E-state index is 5.76. The van der Waals surface area contributed by atoms with Gasteiger partial charge in [-0.15, -0.1) is 0 Å². The molecule has 13 heavy (non-hydrogen) atoms. The van der Waals surface area contributed by atoms with E-state index in [1.165, 1.54) is 6.20 Å². The van der Waals surface area contributed by atoms with Gasteiger partial charge in [0.2, 0.25) is 0 Å². The van der Waals surface area contributed by atoms with Crippen LogP contribution in [0.5, 0.6) is 5.88 Å². The van der Waals surface area contributed by atoms with Crippen molar-refractivity contribution >= 4 is 27.5 Å². The smallest absolute Gasteiger partial charge is 0.253 e. The molecule has 0 aliphatic carbocycles. The van der Waals surface area contributed by atoms with E-state index in [1.807, 2.05) is 0 Å². The van der Waals surface area contributed by atoms with Crippen LogP contribution in [0.3, 0.4) is 0 Å². The second kappa shape index (κ2) is 5.40. The van der Waals surface area contributed by atoms with Crippen molar-refractivity contribution in [2.24, 2.45) is 0 Å². The monoisotopic (exact) mass is 264 g/mol. The highest BCUT2D eigenvalue weighted by molar-refractivity contribution is 9.10. The summed E-state index contributed by atoms with van der Waals surface area (Å²) in [5, 5.41) is 0.305. The highest BCUT2D eigenvalue weighted by Gasteiger charge is 2.04. The van der Waals surface area contributed by atoms with Gasteiger partial charge in [-0.25, -0.2) is 9.97 Å². The maximum Gasteiger partial charge on any atom is 0.253 e. The van der Waals surface area contributed by atoms with E-state index in [2.05, 4.69) is 32.8 Å². The number of hydrogen-bond donors (Lipinski definition) is 0. The van der Waals surface area contributed by atoms with Crippen LogP contribution in [0.4, 0.5) is 0 Å². The normalized spacial score (nSPS) is 10.1. The molecule has 0 bridgehead atoms. The van der Waals surface area contributed by atoms with Crippen molar-refractivity contribution in [2.75, 3.05) is 6.61 Å². The first-order chi connectivity index (χ1) is 6.24. The van der Waals surface area contributed by atoms with Crippen LogP contribution in [0.15, 0.2) is 10.8 Å². The summed E-state index contributed by atoms with van der Waals surface area (Å²) in [6.07, 6.45) is 3.61. The van der Waals surface area contributed by atoms with E-state index in [0.717, 1.165) is 12.8 Å². The first kappa shape index (κ1) is 10.7. The molecular weight excluding hydrogens is 255 g/mol. The topological polar surface area (TPSA) is 35.0 Å². The van der Waals surface area contributed by atoms with Gasteiger partial charge >= 0.3 is 0 Å². The molecule has 0 radical (unpaired) electrons. The fraction of sp³-hybridized carbons (Fsp3) is 0.500. The molecule has 0 aliphatic heterocycles. The van der Waals surface area contributed by atoms with Gasteiger partial charge in [-0.3, -0.25) is 0 Å². The first-order valence-corrected chi connectivity index (χ1v) is 5.22. The molecular formula is C8H10BrClN2O. The van der Waals surface area contributed by atoms with Crippen LogP contribution in [-0.2, 0) is 0 Å². The standard InChI is InChI=1S/C8H10BrClN2O/c1-2-3-4-13-8-7(10)11-5-6(9)12-8/h5H,2-4H2,1H3. The summed E-state index contributed by atoms with van der Waals surface area (Å²) in [6.45, 7) is 2.72. The van der Waals surface area contributed by atoms with Crippen LogP contribution in [0, 0.1) is 0 Å². The van der Waals surface area contributed by atoms with Gasteiger partial charge in [-0.2, -0.15) is 0 Å². The van der Waals surface area contributed by atoms with Crippen LogP contribution in [0.1, 0.15) is 19.8 Å². The highest BCUT2D eigenvalue weighted by atomic mass is 79.9. The Bertz CT molecular complexity index is 283. The zero-order chi connectivity index (χ0) is 9.68.